The van der Waals surface area contributed by atoms with Gasteiger partial charge in [-0.1, -0.05) is 45.1 Å². The molecule has 0 radical (unpaired) electrons. The van der Waals surface area contributed by atoms with Gasteiger partial charge in [0.1, 0.15) is 0 Å². The Bertz CT molecular complexity index is 187. The molecular formula is C14H26O2. The van der Waals surface area contributed by atoms with Crippen molar-refractivity contribution >= 4 is 5.97 Å². The van der Waals surface area contributed by atoms with Crippen molar-refractivity contribution in [3.05, 3.63) is 12.7 Å². The third-order valence-corrected chi connectivity index (χ3v) is 2.97. The van der Waals surface area contributed by atoms with Crippen LogP contribution in [0.15, 0.2) is 12.7 Å². The molecule has 0 aromatic heterocycles. The van der Waals surface area contributed by atoms with Crippen LogP contribution in [-0.4, -0.2) is 11.1 Å². The highest BCUT2D eigenvalue weighted by Gasteiger charge is 2.15. The molecule has 0 aliphatic heterocycles. The van der Waals surface area contributed by atoms with Gasteiger partial charge in [-0.05, 0) is 25.7 Å². The molecule has 0 spiro atoms. The monoisotopic (exact) mass is 226 g/mol. The molecule has 0 aliphatic rings. The van der Waals surface area contributed by atoms with Gasteiger partial charge >= 0.3 is 5.97 Å². The van der Waals surface area contributed by atoms with Gasteiger partial charge in [0.05, 0.1) is 5.92 Å². The topological polar surface area (TPSA) is 37.3 Å². The highest BCUT2D eigenvalue weighted by molar-refractivity contribution is 5.69. The Kier molecular flexibility index (Phi) is 10.2. The Labute approximate surface area is 99.7 Å². The first-order valence-corrected chi connectivity index (χ1v) is 6.56. The van der Waals surface area contributed by atoms with Gasteiger partial charge in [-0.3, -0.25) is 4.79 Å². The van der Waals surface area contributed by atoms with Crippen LogP contribution in [0.3, 0.4) is 0 Å². The van der Waals surface area contributed by atoms with E-state index in [1.165, 1.54) is 12.8 Å². The number of hydrogen-bond acceptors (Lipinski definition) is 1. The van der Waals surface area contributed by atoms with Gasteiger partial charge in [-0.25, -0.2) is 0 Å². The summed E-state index contributed by atoms with van der Waals surface area (Å²) in [5.41, 5.74) is 0. The summed E-state index contributed by atoms with van der Waals surface area (Å²) in [5.74, 6) is -0.723. The molecule has 0 fully saturated rings. The molecule has 2 nitrogen and oxygen atoms in total. The van der Waals surface area contributed by atoms with E-state index in [0.29, 0.717) is 0 Å². The molecule has 94 valence electrons. The molecule has 0 saturated carbocycles. The lowest BCUT2D eigenvalue weighted by molar-refractivity contribution is -0.142. The van der Waals surface area contributed by atoms with E-state index in [-0.39, 0.29) is 5.92 Å². The van der Waals surface area contributed by atoms with Crippen molar-refractivity contribution in [2.75, 3.05) is 0 Å². The van der Waals surface area contributed by atoms with Crippen LogP contribution in [0.2, 0.25) is 0 Å². The van der Waals surface area contributed by atoms with Crippen LogP contribution in [0.5, 0.6) is 0 Å². The zero-order valence-corrected chi connectivity index (χ0v) is 10.6. The minimum Gasteiger partial charge on any atom is -0.481 e. The lowest BCUT2D eigenvalue weighted by atomic mass is 9.95. The van der Waals surface area contributed by atoms with Gasteiger partial charge < -0.3 is 5.11 Å². The van der Waals surface area contributed by atoms with E-state index in [0.717, 1.165) is 44.9 Å². The van der Waals surface area contributed by atoms with E-state index in [2.05, 4.69) is 13.5 Å². The molecule has 2 heteroatoms. The normalized spacial score (nSPS) is 12.3. The Morgan fingerprint density at radius 3 is 2.38 bits per heavy atom. The van der Waals surface area contributed by atoms with E-state index in [1.807, 2.05) is 6.08 Å². The molecule has 0 heterocycles. The van der Waals surface area contributed by atoms with E-state index in [1.54, 1.807) is 0 Å². The first-order chi connectivity index (χ1) is 7.72. The second kappa shape index (κ2) is 10.7. The first-order valence-electron chi connectivity index (χ1n) is 6.56. The van der Waals surface area contributed by atoms with Gasteiger partial charge in [0.25, 0.3) is 0 Å². The molecular weight excluding hydrogens is 200 g/mol. The van der Waals surface area contributed by atoms with Crippen LogP contribution in [-0.2, 0) is 4.79 Å². The maximum atomic E-state index is 11.0. The molecule has 1 atom stereocenters. The quantitative estimate of drug-likeness (QED) is 0.418. The Hall–Kier alpha value is -0.790. The largest absolute Gasteiger partial charge is 0.481 e. The number of rotatable bonds is 11. The number of carbonyl (C=O) groups is 1. The van der Waals surface area contributed by atoms with Crippen molar-refractivity contribution in [3.8, 4) is 0 Å². The molecule has 16 heavy (non-hydrogen) atoms. The summed E-state index contributed by atoms with van der Waals surface area (Å²) in [7, 11) is 0. The first kappa shape index (κ1) is 15.2. The fraction of sp³-hybridized carbons (Fsp3) is 0.786. The average Bonchev–Trinajstić information content (AvgIpc) is 2.26. The van der Waals surface area contributed by atoms with Crippen molar-refractivity contribution in [1.29, 1.82) is 0 Å². The number of hydrogen-bond donors (Lipinski definition) is 1. The maximum absolute atomic E-state index is 11.0. The van der Waals surface area contributed by atoms with Crippen LogP contribution in [0.1, 0.15) is 64.7 Å². The van der Waals surface area contributed by atoms with Crippen molar-refractivity contribution in [2.24, 2.45) is 5.92 Å². The van der Waals surface area contributed by atoms with E-state index < -0.39 is 5.97 Å². The van der Waals surface area contributed by atoms with Crippen LogP contribution in [0.4, 0.5) is 0 Å². The fourth-order valence-electron chi connectivity index (χ4n) is 1.87. The third kappa shape index (κ3) is 8.51. The molecule has 0 saturated heterocycles. The van der Waals surface area contributed by atoms with Crippen LogP contribution in [0.25, 0.3) is 0 Å². The smallest absolute Gasteiger partial charge is 0.306 e. The van der Waals surface area contributed by atoms with Gasteiger partial charge in [-0.2, -0.15) is 0 Å². The minimum atomic E-state index is -0.612. The van der Waals surface area contributed by atoms with Crippen molar-refractivity contribution < 1.29 is 9.90 Å². The maximum Gasteiger partial charge on any atom is 0.306 e. The van der Waals surface area contributed by atoms with Crippen LogP contribution >= 0.6 is 0 Å². The number of carboxylic acid groups (broad SMARTS) is 1. The van der Waals surface area contributed by atoms with Crippen molar-refractivity contribution in [1.82, 2.24) is 0 Å². The summed E-state index contributed by atoms with van der Waals surface area (Å²) in [6.45, 7) is 5.79. The molecule has 1 unspecified atom stereocenters. The van der Waals surface area contributed by atoms with Gasteiger partial charge in [0.15, 0.2) is 0 Å². The van der Waals surface area contributed by atoms with E-state index >= 15 is 0 Å². The molecule has 0 aromatic rings. The summed E-state index contributed by atoms with van der Waals surface area (Å²) < 4.78 is 0. The fourth-order valence-corrected chi connectivity index (χ4v) is 1.87. The highest BCUT2D eigenvalue weighted by atomic mass is 16.4. The lowest BCUT2D eigenvalue weighted by Crippen LogP contribution is -2.13. The van der Waals surface area contributed by atoms with E-state index in [4.69, 9.17) is 5.11 Å². The number of aliphatic carboxylic acids is 1. The molecule has 0 aromatic carbocycles. The van der Waals surface area contributed by atoms with Gasteiger partial charge in [0.2, 0.25) is 0 Å². The van der Waals surface area contributed by atoms with Crippen LogP contribution in [0, 0.1) is 5.92 Å². The predicted molar refractivity (Wildman–Crippen MR) is 68.5 cm³/mol. The summed E-state index contributed by atoms with van der Waals surface area (Å²) in [5, 5.41) is 9.03. The van der Waals surface area contributed by atoms with Crippen LogP contribution < -0.4 is 0 Å². The third-order valence-electron chi connectivity index (χ3n) is 2.97. The minimum absolute atomic E-state index is 0.112. The van der Waals surface area contributed by atoms with E-state index in [9.17, 15) is 4.79 Å². The SMILES string of the molecule is C=CCCCCCCC(CCCC)C(=O)O. The summed E-state index contributed by atoms with van der Waals surface area (Å²) in [4.78, 5) is 11.0. The molecule has 0 rings (SSSR count). The summed E-state index contributed by atoms with van der Waals surface area (Å²) >= 11 is 0. The Morgan fingerprint density at radius 2 is 1.81 bits per heavy atom. The molecule has 0 aliphatic carbocycles. The second-order valence-corrected chi connectivity index (χ2v) is 4.46. The zero-order chi connectivity index (χ0) is 12.2. The lowest BCUT2D eigenvalue weighted by Gasteiger charge is -2.11. The van der Waals surface area contributed by atoms with Crippen molar-refractivity contribution in [3.63, 3.8) is 0 Å². The zero-order valence-electron chi connectivity index (χ0n) is 10.6. The van der Waals surface area contributed by atoms with Crippen molar-refractivity contribution in [2.45, 2.75) is 64.7 Å². The molecule has 0 amide bonds. The second-order valence-electron chi connectivity index (χ2n) is 4.46. The van der Waals surface area contributed by atoms with Gasteiger partial charge in [0, 0.05) is 0 Å². The predicted octanol–water partition coefficient (Wildman–Crippen LogP) is 4.40. The Balaban J connectivity index is 3.52. The molecule has 0 bridgehead atoms. The summed E-state index contributed by atoms with van der Waals surface area (Å²) in [6.07, 6.45) is 11.4. The molecule has 1 N–H and O–H groups in total. The number of unbranched alkanes of at least 4 members (excludes halogenated alkanes) is 5. The highest BCUT2D eigenvalue weighted by Crippen LogP contribution is 2.17. The van der Waals surface area contributed by atoms with Gasteiger partial charge in [-0.15, -0.1) is 6.58 Å². The standard InChI is InChI=1S/C14H26O2/c1-3-5-7-8-9-10-12-13(14(15)16)11-6-4-2/h3,13H,1,4-12H2,2H3,(H,15,16). The Morgan fingerprint density at radius 1 is 1.19 bits per heavy atom. The number of carboxylic acids is 1. The number of allylic oxidation sites excluding steroid dienone is 1. The summed E-state index contributed by atoms with van der Waals surface area (Å²) in [6, 6.07) is 0. The average molecular weight is 226 g/mol.